The summed E-state index contributed by atoms with van der Waals surface area (Å²) in [4.78, 5) is 7.23. The van der Waals surface area contributed by atoms with E-state index in [1.807, 2.05) is 17.9 Å². The summed E-state index contributed by atoms with van der Waals surface area (Å²) >= 11 is 3.66. The molecule has 4 N–H and O–H groups in total. The third-order valence-corrected chi connectivity index (χ3v) is 7.07. The number of hydrogen-bond donors (Lipinski definition) is 4. The van der Waals surface area contributed by atoms with Gasteiger partial charge in [0.15, 0.2) is 0 Å². The lowest BCUT2D eigenvalue weighted by molar-refractivity contribution is 0.153. The van der Waals surface area contributed by atoms with Crippen molar-refractivity contribution in [2.75, 3.05) is 24.5 Å². The van der Waals surface area contributed by atoms with Crippen molar-refractivity contribution < 1.29 is 5.11 Å². The van der Waals surface area contributed by atoms with Crippen LogP contribution in [0.25, 0.3) is 0 Å². The first-order valence-electron chi connectivity index (χ1n) is 10.4. The molecule has 5 heterocycles. The van der Waals surface area contributed by atoms with Crippen molar-refractivity contribution in [1.29, 1.82) is 0 Å². The van der Waals surface area contributed by atoms with E-state index in [-0.39, 0.29) is 12.1 Å². The number of nitrogens with zero attached hydrogens (tertiary/aromatic N) is 4. The van der Waals surface area contributed by atoms with Crippen molar-refractivity contribution in [3.63, 3.8) is 0 Å². The van der Waals surface area contributed by atoms with Crippen molar-refractivity contribution in [3.8, 4) is 0 Å². The Morgan fingerprint density at radius 3 is 2.97 bits per heavy atom. The Kier molecular flexibility index (Phi) is 5.34. The van der Waals surface area contributed by atoms with Gasteiger partial charge < -0.3 is 15.3 Å². The van der Waals surface area contributed by atoms with Gasteiger partial charge in [-0.3, -0.25) is 10.1 Å². The summed E-state index contributed by atoms with van der Waals surface area (Å²) in [6.45, 7) is 2.49. The van der Waals surface area contributed by atoms with Crippen LogP contribution in [0.4, 0.5) is 5.82 Å². The molecule has 0 aromatic carbocycles. The molecular weight excluding hydrogens is 434 g/mol. The number of aliphatic hydroxyl groups is 1. The van der Waals surface area contributed by atoms with E-state index in [4.69, 9.17) is 4.98 Å². The first kappa shape index (κ1) is 19.4. The van der Waals surface area contributed by atoms with Crippen LogP contribution < -0.4 is 21.1 Å². The van der Waals surface area contributed by atoms with Crippen LogP contribution in [0.15, 0.2) is 29.0 Å². The quantitative estimate of drug-likeness (QED) is 0.549. The summed E-state index contributed by atoms with van der Waals surface area (Å²) in [5.41, 5.74) is 9.25. The average Bonchev–Trinajstić information content (AvgIpc) is 3.34. The number of β-amino-alcohol motifs (C(OH)–C–C–N with tert-alkyl or cyclic N) is 1. The molecule has 0 amide bonds. The third kappa shape index (κ3) is 3.82. The summed E-state index contributed by atoms with van der Waals surface area (Å²) in [5.74, 6) is 1.37. The second kappa shape index (κ2) is 7.96. The number of hydrazine groups is 1. The Hall–Kier alpha value is -1.52. The number of piperidine rings is 2. The molecule has 2 aromatic heterocycles. The predicted octanol–water partition coefficient (Wildman–Crippen LogP) is 1.41. The average molecular weight is 462 g/mol. The van der Waals surface area contributed by atoms with Crippen LogP contribution in [-0.4, -0.2) is 51.7 Å². The molecule has 8 nitrogen and oxygen atoms in total. The standard InChI is InChI=1S/C20H28BrN7O/c1-27-10-12(8-23-27)17-7-14-18(9-22-17)25-26-19(14)16-5-4-15(21)20(24-16)28-6-2-3-13(29)11-28/h4-5,8,10,13-14,17-19,22,25-26,29H,2-3,6-7,9,11H2,1H3/t13-,14?,17?,18?,19?/m1/s1. The molecule has 29 heavy (non-hydrogen) atoms. The normalized spacial score (nSPS) is 32.4. The first-order chi connectivity index (χ1) is 14.1. The molecule has 156 valence electrons. The van der Waals surface area contributed by atoms with Crippen molar-refractivity contribution >= 4 is 21.7 Å². The lowest BCUT2D eigenvalue weighted by Gasteiger charge is -2.34. The van der Waals surface area contributed by atoms with Crippen molar-refractivity contribution in [1.82, 2.24) is 30.9 Å². The molecule has 3 saturated heterocycles. The molecule has 0 saturated carbocycles. The highest BCUT2D eigenvalue weighted by Crippen LogP contribution is 2.39. The number of aromatic nitrogens is 3. The number of fused-ring (bicyclic) bond motifs is 1. The first-order valence-corrected chi connectivity index (χ1v) is 11.2. The highest BCUT2D eigenvalue weighted by Gasteiger charge is 2.42. The molecule has 0 bridgehead atoms. The minimum absolute atomic E-state index is 0.155. The zero-order valence-electron chi connectivity index (χ0n) is 16.6. The van der Waals surface area contributed by atoms with E-state index in [0.29, 0.717) is 24.5 Å². The lowest BCUT2D eigenvalue weighted by atomic mass is 9.82. The number of aryl methyl sites for hydroxylation is 1. The van der Waals surface area contributed by atoms with Crippen LogP contribution in [0.1, 0.15) is 42.6 Å². The van der Waals surface area contributed by atoms with E-state index in [1.54, 1.807) is 0 Å². The zero-order chi connectivity index (χ0) is 20.0. The highest BCUT2D eigenvalue weighted by atomic mass is 79.9. The number of aliphatic hydroxyl groups excluding tert-OH is 1. The van der Waals surface area contributed by atoms with Crippen LogP contribution in [-0.2, 0) is 7.05 Å². The largest absolute Gasteiger partial charge is 0.391 e. The smallest absolute Gasteiger partial charge is 0.143 e. The number of halogens is 1. The summed E-state index contributed by atoms with van der Waals surface area (Å²) in [6, 6.07) is 5.03. The SMILES string of the molecule is Cn1cc(C2CC3C(CN2)NNC3c2ccc(Br)c(N3CCC[C@@H](O)C3)n2)cn1. The summed E-state index contributed by atoms with van der Waals surface area (Å²) in [7, 11) is 1.96. The molecule has 0 aliphatic carbocycles. The van der Waals surface area contributed by atoms with Crippen LogP contribution in [0.2, 0.25) is 0 Å². The van der Waals surface area contributed by atoms with Crippen molar-refractivity contribution in [2.24, 2.45) is 13.0 Å². The minimum atomic E-state index is -0.276. The van der Waals surface area contributed by atoms with Gasteiger partial charge in [-0.2, -0.15) is 5.10 Å². The Bertz CT molecular complexity index is 874. The Morgan fingerprint density at radius 2 is 2.17 bits per heavy atom. The van der Waals surface area contributed by atoms with Gasteiger partial charge in [-0.25, -0.2) is 10.4 Å². The highest BCUT2D eigenvalue weighted by molar-refractivity contribution is 9.10. The Balaban J connectivity index is 1.38. The van der Waals surface area contributed by atoms with Crippen molar-refractivity contribution in [2.45, 2.75) is 43.5 Å². The molecule has 5 atom stereocenters. The van der Waals surface area contributed by atoms with E-state index < -0.39 is 0 Å². The fraction of sp³-hybridized carbons (Fsp3) is 0.600. The summed E-state index contributed by atoms with van der Waals surface area (Å²) in [5, 5.41) is 18.1. The van der Waals surface area contributed by atoms with Crippen molar-refractivity contribution in [3.05, 3.63) is 40.3 Å². The number of pyridine rings is 1. The number of nitrogens with one attached hydrogen (secondary N) is 3. The molecule has 2 aromatic rings. The van der Waals surface area contributed by atoms with Gasteiger partial charge in [-0.1, -0.05) is 0 Å². The van der Waals surface area contributed by atoms with Gasteiger partial charge in [-0.05, 0) is 47.3 Å². The number of rotatable bonds is 3. The summed E-state index contributed by atoms with van der Waals surface area (Å²) in [6.07, 6.45) is 6.67. The van der Waals surface area contributed by atoms with E-state index in [2.05, 4.69) is 60.4 Å². The van der Waals surface area contributed by atoms with Gasteiger partial charge in [0.25, 0.3) is 0 Å². The number of anilines is 1. The second-order valence-corrected chi connectivity index (χ2v) is 9.32. The molecule has 4 unspecified atom stereocenters. The minimum Gasteiger partial charge on any atom is -0.391 e. The predicted molar refractivity (Wildman–Crippen MR) is 114 cm³/mol. The Morgan fingerprint density at radius 1 is 1.28 bits per heavy atom. The molecule has 0 spiro atoms. The second-order valence-electron chi connectivity index (χ2n) is 8.46. The molecule has 3 fully saturated rings. The maximum atomic E-state index is 10.1. The molecular formula is C20H28BrN7O. The van der Waals surface area contributed by atoms with E-state index in [9.17, 15) is 5.11 Å². The molecule has 9 heteroatoms. The van der Waals surface area contributed by atoms with Crippen LogP contribution in [0, 0.1) is 5.92 Å². The van der Waals surface area contributed by atoms with Gasteiger partial charge in [0.05, 0.1) is 28.5 Å². The fourth-order valence-electron chi connectivity index (χ4n) is 4.93. The lowest BCUT2D eigenvalue weighted by Crippen LogP contribution is -2.46. The van der Waals surface area contributed by atoms with Gasteiger partial charge in [0, 0.05) is 56.4 Å². The maximum absolute atomic E-state index is 10.1. The van der Waals surface area contributed by atoms with Crippen LogP contribution in [0.3, 0.4) is 0 Å². The Labute approximate surface area is 179 Å². The van der Waals surface area contributed by atoms with Gasteiger partial charge in [-0.15, -0.1) is 0 Å². The zero-order valence-corrected chi connectivity index (χ0v) is 18.1. The molecule has 0 radical (unpaired) electrons. The van der Waals surface area contributed by atoms with E-state index >= 15 is 0 Å². The van der Waals surface area contributed by atoms with Crippen LogP contribution >= 0.6 is 15.9 Å². The van der Waals surface area contributed by atoms with Gasteiger partial charge in [0.1, 0.15) is 5.82 Å². The van der Waals surface area contributed by atoms with Gasteiger partial charge >= 0.3 is 0 Å². The fourth-order valence-corrected chi connectivity index (χ4v) is 5.40. The summed E-state index contributed by atoms with van der Waals surface area (Å²) < 4.78 is 2.85. The molecule has 5 rings (SSSR count). The number of hydrogen-bond acceptors (Lipinski definition) is 7. The monoisotopic (exact) mass is 461 g/mol. The maximum Gasteiger partial charge on any atom is 0.143 e. The topological polar surface area (TPSA) is 90.3 Å². The third-order valence-electron chi connectivity index (χ3n) is 6.45. The molecule has 3 aliphatic rings. The van der Waals surface area contributed by atoms with E-state index in [1.165, 1.54) is 5.56 Å². The molecule has 3 aliphatic heterocycles. The van der Waals surface area contributed by atoms with Crippen LogP contribution in [0.5, 0.6) is 0 Å². The van der Waals surface area contributed by atoms with E-state index in [0.717, 1.165) is 48.3 Å². The van der Waals surface area contributed by atoms with Gasteiger partial charge in [0.2, 0.25) is 0 Å².